The van der Waals surface area contributed by atoms with Crippen molar-refractivity contribution in [2.75, 3.05) is 23.3 Å². The van der Waals surface area contributed by atoms with E-state index >= 15 is 0 Å². The van der Waals surface area contributed by atoms with Crippen LogP contribution in [-0.2, 0) is 13.6 Å². The number of nitrogens with one attached hydrogen (secondary N) is 1. The van der Waals surface area contributed by atoms with E-state index in [0.717, 1.165) is 41.5 Å². The molecule has 0 radical (unpaired) electrons. The molecule has 0 atom stereocenters. The van der Waals surface area contributed by atoms with Crippen molar-refractivity contribution in [1.29, 1.82) is 0 Å². The highest BCUT2D eigenvalue weighted by molar-refractivity contribution is 5.88. The average molecular weight is 339 g/mol. The van der Waals surface area contributed by atoms with Crippen LogP contribution in [0.25, 0.3) is 11.0 Å². The third-order valence-corrected chi connectivity index (χ3v) is 4.72. The van der Waals surface area contributed by atoms with Crippen LogP contribution < -0.4 is 10.2 Å². The van der Waals surface area contributed by atoms with Gasteiger partial charge in [0.1, 0.15) is 17.3 Å². The molecule has 0 bridgehead atoms. The summed E-state index contributed by atoms with van der Waals surface area (Å²) in [6.07, 6.45) is 5.65. The topological polar surface area (TPSA) is 46.0 Å². The number of fused-ring (bicyclic) bond motifs is 1. The number of halogens is 1. The molecule has 0 amide bonds. The van der Waals surface area contributed by atoms with Gasteiger partial charge in [-0.2, -0.15) is 9.97 Å². The summed E-state index contributed by atoms with van der Waals surface area (Å²) in [6, 6.07) is 8.57. The van der Waals surface area contributed by atoms with E-state index < -0.39 is 0 Å². The Labute approximate surface area is 146 Å². The van der Waals surface area contributed by atoms with Crippen LogP contribution in [0.3, 0.4) is 0 Å². The lowest BCUT2D eigenvalue weighted by Gasteiger charge is -2.27. The molecule has 1 saturated heterocycles. The Morgan fingerprint density at radius 2 is 1.80 bits per heavy atom. The van der Waals surface area contributed by atoms with Gasteiger partial charge in [0.2, 0.25) is 5.95 Å². The van der Waals surface area contributed by atoms with Crippen LogP contribution >= 0.6 is 0 Å². The van der Waals surface area contributed by atoms with E-state index in [2.05, 4.69) is 10.2 Å². The van der Waals surface area contributed by atoms with E-state index in [-0.39, 0.29) is 5.82 Å². The molecule has 2 aromatic heterocycles. The molecule has 1 N–H and O–H groups in total. The molecule has 130 valence electrons. The average Bonchev–Trinajstić information content (AvgIpc) is 3.03. The summed E-state index contributed by atoms with van der Waals surface area (Å²) < 4.78 is 15.1. The number of benzene rings is 1. The molecule has 4 rings (SSSR count). The maximum absolute atomic E-state index is 13.1. The second-order valence-electron chi connectivity index (χ2n) is 6.56. The number of hydrogen-bond donors (Lipinski definition) is 1. The summed E-state index contributed by atoms with van der Waals surface area (Å²) in [5.41, 5.74) is 1.95. The molecule has 0 spiro atoms. The minimum atomic E-state index is -0.219. The van der Waals surface area contributed by atoms with Gasteiger partial charge in [0.25, 0.3) is 0 Å². The van der Waals surface area contributed by atoms with Gasteiger partial charge in [-0.3, -0.25) is 0 Å². The Kier molecular flexibility index (Phi) is 4.26. The van der Waals surface area contributed by atoms with Gasteiger partial charge >= 0.3 is 0 Å². The molecule has 0 aliphatic carbocycles. The van der Waals surface area contributed by atoms with Gasteiger partial charge < -0.3 is 14.8 Å². The number of hydrogen-bond acceptors (Lipinski definition) is 4. The zero-order chi connectivity index (χ0) is 17.2. The van der Waals surface area contributed by atoms with Gasteiger partial charge in [0, 0.05) is 32.9 Å². The SMILES string of the molecule is Cn1ccc2c(NCc3ccc(F)cc3)nc(N3CCCCC3)nc21. The summed E-state index contributed by atoms with van der Waals surface area (Å²) in [5.74, 6) is 1.40. The lowest BCUT2D eigenvalue weighted by molar-refractivity contribution is 0.569. The first-order valence-corrected chi connectivity index (χ1v) is 8.77. The second-order valence-corrected chi connectivity index (χ2v) is 6.56. The van der Waals surface area contributed by atoms with Gasteiger partial charge in [-0.25, -0.2) is 4.39 Å². The zero-order valence-corrected chi connectivity index (χ0v) is 14.4. The Bertz CT molecular complexity index is 865. The Morgan fingerprint density at radius 1 is 1.04 bits per heavy atom. The van der Waals surface area contributed by atoms with Crippen molar-refractivity contribution < 1.29 is 4.39 Å². The predicted molar refractivity (Wildman–Crippen MR) is 98.3 cm³/mol. The zero-order valence-electron chi connectivity index (χ0n) is 14.4. The van der Waals surface area contributed by atoms with Crippen molar-refractivity contribution in [3.8, 4) is 0 Å². The van der Waals surface area contributed by atoms with E-state index in [9.17, 15) is 4.39 Å². The summed E-state index contributed by atoms with van der Waals surface area (Å²) in [4.78, 5) is 11.8. The number of aryl methyl sites for hydroxylation is 1. The number of rotatable bonds is 4. The van der Waals surface area contributed by atoms with Crippen LogP contribution in [0, 0.1) is 5.82 Å². The number of nitrogens with zero attached hydrogens (tertiary/aromatic N) is 4. The smallest absolute Gasteiger partial charge is 0.229 e. The van der Waals surface area contributed by atoms with E-state index in [1.165, 1.54) is 31.4 Å². The molecule has 3 aromatic rings. The first-order chi connectivity index (χ1) is 12.2. The van der Waals surface area contributed by atoms with Gasteiger partial charge in [-0.1, -0.05) is 12.1 Å². The number of piperidine rings is 1. The fraction of sp³-hybridized carbons (Fsp3) is 0.368. The van der Waals surface area contributed by atoms with Crippen molar-refractivity contribution in [3.63, 3.8) is 0 Å². The molecule has 1 aromatic carbocycles. The highest BCUT2D eigenvalue weighted by Crippen LogP contribution is 2.26. The molecule has 3 heterocycles. The fourth-order valence-corrected chi connectivity index (χ4v) is 3.28. The van der Waals surface area contributed by atoms with Crippen LogP contribution in [0.5, 0.6) is 0 Å². The van der Waals surface area contributed by atoms with E-state index in [1.54, 1.807) is 12.1 Å². The molecule has 0 unspecified atom stereocenters. The van der Waals surface area contributed by atoms with Crippen LogP contribution in [0.15, 0.2) is 36.5 Å². The second kappa shape index (κ2) is 6.70. The molecule has 1 fully saturated rings. The Morgan fingerprint density at radius 3 is 2.56 bits per heavy atom. The Hall–Kier alpha value is -2.63. The lowest BCUT2D eigenvalue weighted by Crippen LogP contribution is -2.31. The molecule has 1 aliphatic rings. The molecule has 5 nitrogen and oxygen atoms in total. The molecular formula is C19H22FN5. The number of aromatic nitrogens is 3. The standard InChI is InChI=1S/C19H22FN5/c1-24-12-9-16-17(21-13-14-5-7-15(20)8-6-14)22-19(23-18(16)24)25-10-3-2-4-11-25/h5-9,12H,2-4,10-11,13H2,1H3,(H,21,22,23). The monoisotopic (exact) mass is 339 g/mol. The van der Waals surface area contributed by atoms with Crippen molar-refractivity contribution in [3.05, 3.63) is 47.9 Å². The predicted octanol–water partition coefficient (Wildman–Crippen LogP) is 3.71. The third-order valence-electron chi connectivity index (χ3n) is 4.72. The molecule has 25 heavy (non-hydrogen) atoms. The summed E-state index contributed by atoms with van der Waals surface area (Å²) in [5, 5.41) is 4.41. The molecule has 1 aliphatic heterocycles. The van der Waals surface area contributed by atoms with Gasteiger partial charge in [-0.15, -0.1) is 0 Å². The van der Waals surface area contributed by atoms with Crippen molar-refractivity contribution in [2.24, 2.45) is 7.05 Å². The van der Waals surface area contributed by atoms with Gasteiger partial charge in [-0.05, 0) is 43.0 Å². The molecular weight excluding hydrogens is 317 g/mol. The largest absolute Gasteiger partial charge is 0.365 e. The van der Waals surface area contributed by atoms with E-state index in [0.29, 0.717) is 6.54 Å². The highest BCUT2D eigenvalue weighted by atomic mass is 19.1. The van der Waals surface area contributed by atoms with Crippen molar-refractivity contribution in [2.45, 2.75) is 25.8 Å². The van der Waals surface area contributed by atoms with E-state index in [4.69, 9.17) is 9.97 Å². The fourth-order valence-electron chi connectivity index (χ4n) is 3.28. The minimum absolute atomic E-state index is 0.219. The molecule has 0 saturated carbocycles. The quantitative estimate of drug-likeness (QED) is 0.787. The lowest BCUT2D eigenvalue weighted by atomic mass is 10.1. The van der Waals surface area contributed by atoms with Gasteiger partial charge in [0.15, 0.2) is 0 Å². The Balaban J connectivity index is 1.64. The summed E-state index contributed by atoms with van der Waals surface area (Å²) >= 11 is 0. The third kappa shape index (κ3) is 3.29. The minimum Gasteiger partial charge on any atom is -0.365 e. The highest BCUT2D eigenvalue weighted by Gasteiger charge is 2.17. The van der Waals surface area contributed by atoms with Crippen molar-refractivity contribution in [1.82, 2.24) is 14.5 Å². The number of anilines is 2. The first-order valence-electron chi connectivity index (χ1n) is 8.77. The van der Waals surface area contributed by atoms with Crippen LogP contribution in [0.4, 0.5) is 16.2 Å². The maximum atomic E-state index is 13.1. The van der Waals surface area contributed by atoms with Crippen LogP contribution in [-0.4, -0.2) is 27.6 Å². The van der Waals surface area contributed by atoms with Crippen molar-refractivity contribution >= 4 is 22.8 Å². The normalized spacial score (nSPS) is 14.9. The summed E-state index contributed by atoms with van der Waals surface area (Å²) in [6.45, 7) is 2.61. The van der Waals surface area contributed by atoms with E-state index in [1.807, 2.05) is 23.9 Å². The van der Waals surface area contributed by atoms with Crippen LogP contribution in [0.1, 0.15) is 24.8 Å². The molecule has 6 heteroatoms. The summed E-state index contributed by atoms with van der Waals surface area (Å²) in [7, 11) is 2.00. The maximum Gasteiger partial charge on any atom is 0.229 e. The van der Waals surface area contributed by atoms with Crippen LogP contribution in [0.2, 0.25) is 0 Å². The first kappa shape index (κ1) is 15.9. The van der Waals surface area contributed by atoms with Gasteiger partial charge in [0.05, 0.1) is 5.39 Å².